The fraction of sp³-hybridized carbons (Fsp3) is 0.706. The predicted octanol–water partition coefficient (Wildman–Crippen LogP) is 2.01. The van der Waals surface area contributed by atoms with Gasteiger partial charge in [0.25, 0.3) is 0 Å². The number of hydrogen-bond donors (Lipinski definition) is 2. The van der Waals surface area contributed by atoms with E-state index >= 15 is 0 Å². The molecule has 2 rings (SSSR count). The molecule has 2 N–H and O–H groups in total. The molecule has 130 valence electrons. The lowest BCUT2D eigenvalue weighted by Crippen LogP contribution is -2.47. The van der Waals surface area contributed by atoms with E-state index in [1.54, 1.807) is 20.4 Å². The van der Waals surface area contributed by atoms with Crippen molar-refractivity contribution in [3.63, 3.8) is 0 Å². The fourth-order valence-corrected chi connectivity index (χ4v) is 2.73. The van der Waals surface area contributed by atoms with Crippen LogP contribution in [0.15, 0.2) is 27.8 Å². The Kier molecular flexibility index (Phi) is 6.47. The molecule has 2 heterocycles. The molecule has 1 unspecified atom stereocenters. The highest BCUT2D eigenvalue weighted by atomic mass is 16.5. The minimum atomic E-state index is -0.229. The highest BCUT2D eigenvalue weighted by Crippen LogP contribution is 2.24. The third kappa shape index (κ3) is 5.25. The van der Waals surface area contributed by atoms with Gasteiger partial charge in [-0.2, -0.15) is 0 Å². The third-order valence-electron chi connectivity index (χ3n) is 4.37. The summed E-state index contributed by atoms with van der Waals surface area (Å²) in [6.07, 6.45) is 4.25. The predicted molar refractivity (Wildman–Crippen MR) is 92.7 cm³/mol. The van der Waals surface area contributed by atoms with Gasteiger partial charge < -0.3 is 19.8 Å². The Morgan fingerprint density at radius 3 is 2.70 bits per heavy atom. The van der Waals surface area contributed by atoms with Crippen LogP contribution in [0.4, 0.5) is 0 Å². The number of hydrogen-bond acceptors (Lipinski definition) is 4. The highest BCUT2D eigenvalue weighted by molar-refractivity contribution is 5.79. The maximum absolute atomic E-state index is 5.64. The normalized spacial score (nSPS) is 18.2. The summed E-state index contributed by atoms with van der Waals surface area (Å²) in [6, 6.07) is 4.24. The molecular formula is C17H30N4O2. The second-order valence-corrected chi connectivity index (χ2v) is 6.54. The van der Waals surface area contributed by atoms with Gasteiger partial charge in [-0.15, -0.1) is 0 Å². The number of methoxy groups -OCH3 is 1. The molecule has 0 aliphatic carbocycles. The quantitative estimate of drug-likeness (QED) is 0.594. The van der Waals surface area contributed by atoms with E-state index in [9.17, 15) is 0 Å². The van der Waals surface area contributed by atoms with Crippen LogP contribution in [-0.4, -0.2) is 56.8 Å². The summed E-state index contributed by atoms with van der Waals surface area (Å²) in [5, 5.41) is 6.73. The van der Waals surface area contributed by atoms with Crippen molar-refractivity contribution < 1.29 is 9.15 Å². The van der Waals surface area contributed by atoms with Gasteiger partial charge in [-0.1, -0.05) is 0 Å². The summed E-state index contributed by atoms with van der Waals surface area (Å²) in [7, 11) is 3.51. The first kappa shape index (κ1) is 17.8. The largest absolute Gasteiger partial charge is 0.468 e. The van der Waals surface area contributed by atoms with E-state index in [4.69, 9.17) is 9.15 Å². The summed E-state index contributed by atoms with van der Waals surface area (Å²) in [5.41, 5.74) is -0.229. The third-order valence-corrected chi connectivity index (χ3v) is 4.37. The van der Waals surface area contributed by atoms with Crippen molar-refractivity contribution in [2.45, 2.75) is 38.3 Å². The summed E-state index contributed by atoms with van der Waals surface area (Å²) in [6.45, 7) is 7.79. The molecule has 1 atom stereocenters. The van der Waals surface area contributed by atoms with Crippen LogP contribution in [0.1, 0.15) is 38.5 Å². The lowest BCUT2D eigenvalue weighted by Gasteiger charge is -2.28. The van der Waals surface area contributed by atoms with Gasteiger partial charge in [0, 0.05) is 27.2 Å². The van der Waals surface area contributed by atoms with E-state index in [0.717, 1.165) is 31.4 Å². The number of likely N-dealkylation sites (tertiary alicyclic amines) is 1. The van der Waals surface area contributed by atoms with E-state index in [0.29, 0.717) is 6.54 Å². The van der Waals surface area contributed by atoms with Crippen molar-refractivity contribution >= 4 is 5.96 Å². The van der Waals surface area contributed by atoms with Crippen molar-refractivity contribution in [2.75, 3.05) is 40.3 Å². The SMILES string of the molecule is CN=C(NCC(c1ccco1)N1CCCC1)NCC(C)(C)OC. The standard InChI is InChI=1S/C17H30N4O2/c1-17(2,22-4)13-20-16(18-3)19-12-14(15-8-7-11-23-15)21-9-5-6-10-21/h7-8,11,14H,5-6,9-10,12-13H2,1-4H3,(H2,18,19,20). The molecule has 1 aromatic heterocycles. The molecule has 0 spiro atoms. The molecule has 6 heteroatoms. The minimum Gasteiger partial charge on any atom is -0.468 e. The monoisotopic (exact) mass is 322 g/mol. The first-order chi connectivity index (χ1) is 11.1. The Labute approximate surface area is 139 Å². The zero-order valence-corrected chi connectivity index (χ0v) is 14.8. The molecule has 0 amide bonds. The zero-order valence-electron chi connectivity index (χ0n) is 14.8. The number of furan rings is 1. The Bertz CT molecular complexity index is 479. The molecule has 0 saturated carbocycles. The smallest absolute Gasteiger partial charge is 0.191 e. The van der Waals surface area contributed by atoms with E-state index in [1.807, 2.05) is 19.9 Å². The van der Waals surface area contributed by atoms with Gasteiger partial charge in [-0.25, -0.2) is 0 Å². The maximum Gasteiger partial charge on any atom is 0.191 e. The van der Waals surface area contributed by atoms with E-state index in [1.165, 1.54) is 12.8 Å². The first-order valence-corrected chi connectivity index (χ1v) is 8.33. The number of guanidine groups is 1. The van der Waals surface area contributed by atoms with Crippen LogP contribution >= 0.6 is 0 Å². The first-order valence-electron chi connectivity index (χ1n) is 8.33. The number of rotatable bonds is 7. The van der Waals surface area contributed by atoms with Crippen LogP contribution in [0, 0.1) is 0 Å². The van der Waals surface area contributed by atoms with Gasteiger partial charge in [0.2, 0.25) is 0 Å². The summed E-state index contributed by atoms with van der Waals surface area (Å²) in [5.74, 6) is 1.79. The number of nitrogens with one attached hydrogen (secondary N) is 2. The van der Waals surface area contributed by atoms with Gasteiger partial charge in [0.1, 0.15) is 5.76 Å². The minimum absolute atomic E-state index is 0.229. The van der Waals surface area contributed by atoms with E-state index < -0.39 is 0 Å². The van der Waals surface area contributed by atoms with Crippen LogP contribution in [0.25, 0.3) is 0 Å². The maximum atomic E-state index is 5.64. The molecule has 1 aliphatic heterocycles. The molecule has 0 radical (unpaired) electrons. The van der Waals surface area contributed by atoms with Crippen molar-refractivity contribution in [2.24, 2.45) is 4.99 Å². The average Bonchev–Trinajstić information content (AvgIpc) is 3.24. The van der Waals surface area contributed by atoms with Crippen LogP contribution in [-0.2, 0) is 4.74 Å². The molecule has 1 aromatic rings. The Morgan fingerprint density at radius 2 is 2.13 bits per heavy atom. The van der Waals surface area contributed by atoms with Gasteiger partial charge in [0.05, 0.1) is 17.9 Å². The molecule has 1 saturated heterocycles. The molecule has 0 aromatic carbocycles. The topological polar surface area (TPSA) is 62.0 Å². The van der Waals surface area contributed by atoms with Gasteiger partial charge in [-0.05, 0) is 51.9 Å². The van der Waals surface area contributed by atoms with E-state index in [2.05, 4.69) is 26.6 Å². The lowest BCUT2D eigenvalue weighted by molar-refractivity contribution is 0.0268. The molecule has 6 nitrogen and oxygen atoms in total. The van der Waals surface area contributed by atoms with Crippen LogP contribution < -0.4 is 10.6 Å². The molecule has 0 bridgehead atoms. The summed E-state index contributed by atoms with van der Waals surface area (Å²) in [4.78, 5) is 6.77. The molecular weight excluding hydrogens is 292 g/mol. The molecule has 1 fully saturated rings. The van der Waals surface area contributed by atoms with Crippen molar-refractivity contribution in [1.29, 1.82) is 0 Å². The summed E-state index contributed by atoms with van der Waals surface area (Å²) < 4.78 is 11.1. The Hall–Kier alpha value is -1.53. The van der Waals surface area contributed by atoms with Gasteiger partial charge >= 0.3 is 0 Å². The number of nitrogens with zero attached hydrogens (tertiary/aromatic N) is 2. The van der Waals surface area contributed by atoms with Crippen LogP contribution in [0.2, 0.25) is 0 Å². The zero-order chi connectivity index (χ0) is 16.7. The van der Waals surface area contributed by atoms with Crippen molar-refractivity contribution in [3.05, 3.63) is 24.2 Å². The second kappa shape index (κ2) is 8.36. The lowest BCUT2D eigenvalue weighted by atomic mass is 10.1. The van der Waals surface area contributed by atoms with Crippen molar-refractivity contribution in [1.82, 2.24) is 15.5 Å². The number of ether oxygens (including phenoxy) is 1. The summed E-state index contributed by atoms with van der Waals surface area (Å²) >= 11 is 0. The second-order valence-electron chi connectivity index (χ2n) is 6.54. The number of aliphatic imine (C=N–C) groups is 1. The van der Waals surface area contributed by atoms with Crippen LogP contribution in [0.5, 0.6) is 0 Å². The molecule has 1 aliphatic rings. The van der Waals surface area contributed by atoms with E-state index in [-0.39, 0.29) is 11.6 Å². The van der Waals surface area contributed by atoms with Crippen LogP contribution in [0.3, 0.4) is 0 Å². The average molecular weight is 322 g/mol. The molecule has 23 heavy (non-hydrogen) atoms. The van der Waals surface area contributed by atoms with Gasteiger partial charge in [0.15, 0.2) is 5.96 Å². The van der Waals surface area contributed by atoms with Crippen molar-refractivity contribution in [3.8, 4) is 0 Å². The fourth-order valence-electron chi connectivity index (χ4n) is 2.73. The highest BCUT2D eigenvalue weighted by Gasteiger charge is 2.26. The Morgan fingerprint density at radius 1 is 1.39 bits per heavy atom. The Balaban J connectivity index is 1.91. The van der Waals surface area contributed by atoms with Gasteiger partial charge in [-0.3, -0.25) is 9.89 Å².